The highest BCUT2D eigenvalue weighted by Crippen LogP contribution is 2.21. The molecular weight excluding hydrogens is 358 g/mol. The number of likely N-dealkylation sites (N-methyl/N-ethyl adjacent to an activating group) is 1. The number of nitrogens with one attached hydrogen (secondary N) is 2. The number of anilines is 1. The lowest BCUT2D eigenvalue weighted by Gasteiger charge is -2.25. The van der Waals surface area contributed by atoms with Crippen LogP contribution in [0.3, 0.4) is 0 Å². The number of carbonyl (C=O) groups excluding carboxylic acids is 1. The molecule has 2 N–H and O–H groups in total. The predicted octanol–water partition coefficient (Wildman–Crippen LogP) is 2.50. The lowest BCUT2D eigenvalue weighted by atomic mass is 10.1. The minimum absolute atomic E-state index is 0.0545. The van der Waals surface area contributed by atoms with E-state index in [4.69, 9.17) is 9.47 Å². The van der Waals surface area contributed by atoms with Crippen LogP contribution in [0.15, 0.2) is 36.7 Å². The van der Waals surface area contributed by atoms with E-state index in [-0.39, 0.29) is 18.2 Å². The van der Waals surface area contributed by atoms with Gasteiger partial charge in [0.15, 0.2) is 0 Å². The number of hydrogen-bond acceptors (Lipinski definition) is 5. The first-order chi connectivity index (χ1) is 13.5. The summed E-state index contributed by atoms with van der Waals surface area (Å²) in [5.41, 5.74) is 1.77. The quantitative estimate of drug-likeness (QED) is 0.727. The van der Waals surface area contributed by atoms with E-state index in [9.17, 15) is 4.79 Å². The van der Waals surface area contributed by atoms with Crippen molar-refractivity contribution < 1.29 is 14.3 Å². The van der Waals surface area contributed by atoms with Gasteiger partial charge >= 0.3 is 6.03 Å². The molecule has 2 atom stereocenters. The van der Waals surface area contributed by atoms with E-state index in [0.717, 1.165) is 30.8 Å². The summed E-state index contributed by atoms with van der Waals surface area (Å²) in [6.07, 6.45) is 5.85. The van der Waals surface area contributed by atoms with Crippen LogP contribution in [0.1, 0.15) is 24.4 Å². The van der Waals surface area contributed by atoms with E-state index in [1.54, 1.807) is 13.3 Å². The van der Waals surface area contributed by atoms with Gasteiger partial charge in [-0.05, 0) is 44.6 Å². The fraction of sp³-hybridized carbons (Fsp3) is 0.500. The third-order valence-electron chi connectivity index (χ3n) is 4.89. The Morgan fingerprint density at radius 1 is 1.39 bits per heavy atom. The molecule has 1 aliphatic heterocycles. The number of nitrogens with zero attached hydrogens (tertiary/aromatic N) is 3. The standard InChI is InChI=1S/C20H29N5O3/c1-24(2)19(15-6-8-17(27-3)9-7-15)12-21-20(26)23-16-11-22-25(13-16)14-18-5-4-10-28-18/h6-9,11,13,18-19H,4-5,10,12,14H2,1-3H3,(H2,21,23,26). The molecule has 1 aromatic heterocycles. The summed E-state index contributed by atoms with van der Waals surface area (Å²) >= 11 is 0. The average Bonchev–Trinajstić information content (AvgIpc) is 3.34. The molecule has 0 radical (unpaired) electrons. The van der Waals surface area contributed by atoms with Crippen LogP contribution in [0.2, 0.25) is 0 Å². The fourth-order valence-corrected chi connectivity index (χ4v) is 3.31. The number of aromatic nitrogens is 2. The smallest absolute Gasteiger partial charge is 0.319 e. The maximum Gasteiger partial charge on any atom is 0.319 e. The van der Waals surface area contributed by atoms with E-state index in [2.05, 4.69) is 20.6 Å². The molecular formula is C20H29N5O3. The second-order valence-corrected chi connectivity index (χ2v) is 7.17. The Bertz CT molecular complexity index is 753. The van der Waals surface area contributed by atoms with Gasteiger partial charge in [-0.1, -0.05) is 12.1 Å². The molecule has 8 nitrogen and oxygen atoms in total. The molecule has 8 heteroatoms. The van der Waals surface area contributed by atoms with Gasteiger partial charge in [-0.15, -0.1) is 0 Å². The molecule has 1 aliphatic rings. The molecule has 0 aliphatic carbocycles. The maximum absolute atomic E-state index is 12.3. The van der Waals surface area contributed by atoms with Crippen LogP contribution in [-0.2, 0) is 11.3 Å². The highest BCUT2D eigenvalue weighted by atomic mass is 16.5. The first-order valence-electron chi connectivity index (χ1n) is 9.54. The van der Waals surface area contributed by atoms with Crippen molar-refractivity contribution in [3.8, 4) is 5.75 Å². The van der Waals surface area contributed by atoms with Gasteiger partial charge in [-0.3, -0.25) is 4.68 Å². The second kappa shape index (κ2) is 9.57. The van der Waals surface area contributed by atoms with E-state index in [0.29, 0.717) is 18.8 Å². The van der Waals surface area contributed by atoms with Crippen molar-refractivity contribution in [3.05, 3.63) is 42.2 Å². The normalized spacial score (nSPS) is 17.5. The van der Waals surface area contributed by atoms with Crippen LogP contribution < -0.4 is 15.4 Å². The van der Waals surface area contributed by atoms with E-state index in [1.165, 1.54) is 0 Å². The summed E-state index contributed by atoms with van der Waals surface area (Å²) in [5.74, 6) is 0.812. The van der Waals surface area contributed by atoms with Crippen LogP contribution in [-0.4, -0.2) is 61.2 Å². The van der Waals surface area contributed by atoms with E-state index in [1.807, 2.05) is 49.2 Å². The number of methoxy groups -OCH3 is 1. The Hall–Kier alpha value is -2.58. The van der Waals surface area contributed by atoms with Crippen LogP contribution in [0.5, 0.6) is 5.75 Å². The van der Waals surface area contributed by atoms with Gasteiger partial charge in [0, 0.05) is 19.3 Å². The third-order valence-corrected chi connectivity index (χ3v) is 4.89. The van der Waals surface area contributed by atoms with Crippen molar-refractivity contribution in [2.24, 2.45) is 0 Å². The minimum atomic E-state index is -0.253. The monoisotopic (exact) mass is 387 g/mol. The zero-order valence-corrected chi connectivity index (χ0v) is 16.7. The minimum Gasteiger partial charge on any atom is -0.497 e. The molecule has 2 aromatic rings. The van der Waals surface area contributed by atoms with Crippen LogP contribution in [0.4, 0.5) is 10.5 Å². The molecule has 2 amide bonds. The van der Waals surface area contributed by atoms with Crippen LogP contribution in [0, 0.1) is 0 Å². The molecule has 1 aromatic carbocycles. The largest absolute Gasteiger partial charge is 0.497 e. The summed E-state index contributed by atoms with van der Waals surface area (Å²) in [6.45, 7) is 2.01. The Morgan fingerprint density at radius 2 is 2.18 bits per heavy atom. The molecule has 28 heavy (non-hydrogen) atoms. The number of ether oxygens (including phenoxy) is 2. The number of amides is 2. The van der Waals surface area contributed by atoms with Gasteiger partial charge in [0.25, 0.3) is 0 Å². The zero-order chi connectivity index (χ0) is 19.9. The molecule has 0 spiro atoms. The van der Waals surface area contributed by atoms with Gasteiger partial charge in [0.05, 0.1) is 37.7 Å². The van der Waals surface area contributed by atoms with Gasteiger partial charge in [0.2, 0.25) is 0 Å². The number of rotatable bonds is 8. The molecule has 0 bridgehead atoms. The Morgan fingerprint density at radius 3 is 2.82 bits per heavy atom. The lowest BCUT2D eigenvalue weighted by Crippen LogP contribution is -2.36. The summed E-state index contributed by atoms with van der Waals surface area (Å²) in [5, 5.41) is 10.1. The first kappa shape index (κ1) is 20.2. The molecule has 1 saturated heterocycles. The molecule has 2 heterocycles. The molecule has 1 fully saturated rings. The van der Waals surface area contributed by atoms with Crippen molar-refractivity contribution in [1.82, 2.24) is 20.0 Å². The first-order valence-corrected chi connectivity index (χ1v) is 9.54. The predicted molar refractivity (Wildman–Crippen MR) is 108 cm³/mol. The van der Waals surface area contributed by atoms with Crippen LogP contribution in [0.25, 0.3) is 0 Å². The number of carbonyl (C=O) groups is 1. The summed E-state index contributed by atoms with van der Waals surface area (Å²) in [6, 6.07) is 7.68. The second-order valence-electron chi connectivity index (χ2n) is 7.17. The summed E-state index contributed by atoms with van der Waals surface area (Å²) < 4.78 is 12.6. The lowest BCUT2D eigenvalue weighted by molar-refractivity contribution is 0.0940. The Kier molecular flexibility index (Phi) is 6.89. The number of urea groups is 1. The highest BCUT2D eigenvalue weighted by Gasteiger charge is 2.18. The number of hydrogen-bond donors (Lipinski definition) is 2. The zero-order valence-electron chi connectivity index (χ0n) is 16.7. The van der Waals surface area contributed by atoms with Gasteiger partial charge in [0.1, 0.15) is 5.75 Å². The van der Waals surface area contributed by atoms with E-state index < -0.39 is 0 Å². The molecule has 0 saturated carbocycles. The van der Waals surface area contributed by atoms with Crippen molar-refractivity contribution in [2.45, 2.75) is 31.5 Å². The van der Waals surface area contributed by atoms with Crippen molar-refractivity contribution in [3.63, 3.8) is 0 Å². The average molecular weight is 387 g/mol. The topological polar surface area (TPSA) is 80.7 Å². The molecule has 3 rings (SSSR count). The van der Waals surface area contributed by atoms with E-state index >= 15 is 0 Å². The summed E-state index contributed by atoms with van der Waals surface area (Å²) in [7, 11) is 5.63. The van der Waals surface area contributed by atoms with Crippen LogP contribution >= 0.6 is 0 Å². The van der Waals surface area contributed by atoms with Gasteiger partial charge < -0.3 is 25.0 Å². The van der Waals surface area contributed by atoms with Crippen molar-refractivity contribution >= 4 is 11.7 Å². The molecule has 152 valence electrons. The Balaban J connectivity index is 1.51. The SMILES string of the molecule is COc1ccc(C(CNC(=O)Nc2cnn(CC3CCCO3)c2)N(C)C)cc1. The fourth-order valence-electron chi connectivity index (χ4n) is 3.31. The number of benzene rings is 1. The van der Waals surface area contributed by atoms with Crippen molar-refractivity contribution in [2.75, 3.05) is 39.7 Å². The van der Waals surface area contributed by atoms with Crippen molar-refractivity contribution in [1.29, 1.82) is 0 Å². The highest BCUT2D eigenvalue weighted by molar-refractivity contribution is 5.88. The van der Waals surface area contributed by atoms with Gasteiger partial charge in [-0.2, -0.15) is 5.10 Å². The van der Waals surface area contributed by atoms with Gasteiger partial charge in [-0.25, -0.2) is 4.79 Å². The third kappa shape index (κ3) is 5.46. The maximum atomic E-state index is 12.3. The summed E-state index contributed by atoms with van der Waals surface area (Å²) in [4.78, 5) is 14.4. The molecule has 2 unspecified atom stereocenters. The Labute approximate surface area is 165 Å².